The van der Waals surface area contributed by atoms with Gasteiger partial charge in [0.25, 0.3) is 0 Å². The lowest BCUT2D eigenvalue weighted by Crippen LogP contribution is -2.47. The largest absolute Gasteiger partial charge is 0.435 e. The number of halogens is 5. The van der Waals surface area contributed by atoms with Crippen LogP contribution in [0.2, 0.25) is 5.02 Å². The molecule has 0 bridgehead atoms. The molecule has 0 radical (unpaired) electrons. The summed E-state index contributed by atoms with van der Waals surface area (Å²) in [6.45, 7) is 0.377. The molecule has 1 aliphatic heterocycles. The quantitative estimate of drug-likeness (QED) is 0.589. The summed E-state index contributed by atoms with van der Waals surface area (Å²) in [4.78, 5) is 13.6. The Hall–Kier alpha value is -2.32. The minimum Gasteiger partial charge on any atom is -0.435 e. The molecule has 1 N–H and O–H groups in total. The molecular weight excluding hydrogens is 424 g/mol. The van der Waals surface area contributed by atoms with Crippen LogP contribution in [0.25, 0.3) is 0 Å². The van der Waals surface area contributed by atoms with Crippen molar-refractivity contribution in [3.05, 3.63) is 64.9 Å². The summed E-state index contributed by atoms with van der Waals surface area (Å²) >= 11 is 5.75. The van der Waals surface area contributed by atoms with Crippen LogP contribution in [0.5, 0.6) is 0 Å². The first-order valence-corrected chi connectivity index (χ1v) is 9.86. The Morgan fingerprint density at radius 1 is 1.17 bits per heavy atom. The van der Waals surface area contributed by atoms with E-state index in [-0.39, 0.29) is 17.4 Å². The number of amides is 1. The van der Waals surface area contributed by atoms with Gasteiger partial charge in [-0.05, 0) is 67.3 Å². The maximum Gasteiger partial charge on any atom is 0.426 e. The SMILES string of the molecule is O=C(Nc1ccc(Cl)cc1)OC(CN1CCCC(c2ccc(F)cc2)C1)C(F)(F)F. The zero-order valence-corrected chi connectivity index (χ0v) is 16.7. The topological polar surface area (TPSA) is 41.6 Å². The number of likely N-dealkylation sites (tertiary alicyclic amines) is 1. The zero-order valence-electron chi connectivity index (χ0n) is 16.0. The molecule has 2 aromatic rings. The van der Waals surface area contributed by atoms with Crippen molar-refractivity contribution >= 4 is 23.4 Å². The predicted molar refractivity (Wildman–Crippen MR) is 106 cm³/mol. The van der Waals surface area contributed by atoms with Crippen molar-refractivity contribution in [3.8, 4) is 0 Å². The van der Waals surface area contributed by atoms with E-state index in [2.05, 4.69) is 5.32 Å². The Kier molecular flexibility index (Phi) is 7.20. The van der Waals surface area contributed by atoms with E-state index in [9.17, 15) is 22.4 Å². The molecule has 1 aliphatic rings. The summed E-state index contributed by atoms with van der Waals surface area (Å²) in [5.41, 5.74) is 1.16. The average molecular weight is 445 g/mol. The fourth-order valence-corrected chi connectivity index (χ4v) is 3.61. The number of nitrogens with one attached hydrogen (secondary N) is 1. The molecule has 0 aliphatic carbocycles. The summed E-state index contributed by atoms with van der Waals surface area (Å²) in [6.07, 6.45) is -6.66. The molecule has 0 spiro atoms. The van der Waals surface area contributed by atoms with Gasteiger partial charge < -0.3 is 4.74 Å². The fraction of sp³-hybridized carbons (Fsp3) is 0.381. The molecule has 9 heteroatoms. The highest BCUT2D eigenvalue weighted by Crippen LogP contribution is 2.30. The number of alkyl halides is 3. The zero-order chi connectivity index (χ0) is 21.7. The van der Waals surface area contributed by atoms with Crippen LogP contribution in [0.15, 0.2) is 48.5 Å². The Labute approximate surface area is 176 Å². The van der Waals surface area contributed by atoms with Crippen molar-refractivity contribution in [2.75, 3.05) is 25.0 Å². The number of nitrogens with zero attached hydrogens (tertiary/aromatic N) is 1. The maximum atomic E-state index is 13.5. The second-order valence-electron chi connectivity index (χ2n) is 7.22. The van der Waals surface area contributed by atoms with Gasteiger partial charge in [0.05, 0.1) is 0 Å². The van der Waals surface area contributed by atoms with Crippen LogP contribution < -0.4 is 5.32 Å². The third-order valence-corrected chi connectivity index (χ3v) is 5.23. The van der Waals surface area contributed by atoms with Gasteiger partial charge in [0, 0.05) is 23.8 Å². The van der Waals surface area contributed by atoms with Crippen molar-refractivity contribution in [3.63, 3.8) is 0 Å². The first-order valence-electron chi connectivity index (χ1n) is 9.48. The molecule has 162 valence electrons. The smallest absolute Gasteiger partial charge is 0.426 e. The van der Waals surface area contributed by atoms with Gasteiger partial charge in [0.2, 0.25) is 6.10 Å². The van der Waals surface area contributed by atoms with Gasteiger partial charge in [0.1, 0.15) is 5.82 Å². The number of piperidine rings is 1. The summed E-state index contributed by atoms with van der Waals surface area (Å²) in [5.74, 6) is -0.361. The fourth-order valence-electron chi connectivity index (χ4n) is 3.48. The monoisotopic (exact) mass is 444 g/mol. The standard InChI is InChI=1S/C21H21ClF4N2O2/c22-16-5-9-18(10-6-16)27-20(29)30-19(21(24,25)26)13-28-11-1-2-15(12-28)14-3-7-17(23)8-4-14/h3-10,15,19H,1-2,11-13H2,(H,27,29). The highest BCUT2D eigenvalue weighted by atomic mass is 35.5. The number of hydrogen-bond donors (Lipinski definition) is 1. The van der Waals surface area contributed by atoms with E-state index in [1.54, 1.807) is 17.0 Å². The molecule has 0 saturated carbocycles. The lowest BCUT2D eigenvalue weighted by Gasteiger charge is -2.35. The number of benzene rings is 2. The van der Waals surface area contributed by atoms with E-state index in [0.29, 0.717) is 24.5 Å². The number of ether oxygens (including phenoxy) is 1. The minimum absolute atomic E-state index is 0.00359. The van der Waals surface area contributed by atoms with E-state index in [1.165, 1.54) is 36.4 Å². The maximum absolute atomic E-state index is 13.5. The van der Waals surface area contributed by atoms with Crippen molar-refractivity contribution in [1.82, 2.24) is 4.90 Å². The van der Waals surface area contributed by atoms with Gasteiger partial charge in [-0.25, -0.2) is 9.18 Å². The van der Waals surface area contributed by atoms with Gasteiger partial charge in [-0.15, -0.1) is 0 Å². The summed E-state index contributed by atoms with van der Waals surface area (Å²) in [6, 6.07) is 11.9. The molecular formula is C21H21ClF4N2O2. The van der Waals surface area contributed by atoms with Crippen molar-refractivity contribution in [1.29, 1.82) is 0 Å². The van der Waals surface area contributed by atoms with Gasteiger partial charge in [-0.1, -0.05) is 23.7 Å². The highest BCUT2D eigenvalue weighted by molar-refractivity contribution is 6.30. The predicted octanol–water partition coefficient (Wildman–Crippen LogP) is 5.84. The van der Waals surface area contributed by atoms with Crippen LogP contribution >= 0.6 is 11.6 Å². The molecule has 2 unspecified atom stereocenters. The van der Waals surface area contributed by atoms with Gasteiger partial charge >= 0.3 is 12.3 Å². The number of anilines is 1. The number of rotatable bonds is 5. The summed E-state index contributed by atoms with van der Waals surface area (Å²) in [7, 11) is 0. The van der Waals surface area contributed by atoms with Gasteiger partial charge in [-0.2, -0.15) is 13.2 Å². The molecule has 0 aromatic heterocycles. The third kappa shape index (κ3) is 6.34. The van der Waals surface area contributed by atoms with Gasteiger partial charge in [-0.3, -0.25) is 10.2 Å². The van der Waals surface area contributed by atoms with Crippen LogP contribution in [0, 0.1) is 5.82 Å². The number of hydrogen-bond acceptors (Lipinski definition) is 3. The summed E-state index contributed by atoms with van der Waals surface area (Å²) in [5, 5.41) is 2.71. The van der Waals surface area contributed by atoms with E-state index in [1.807, 2.05) is 0 Å². The Bertz CT molecular complexity index is 844. The lowest BCUT2D eigenvalue weighted by atomic mass is 9.90. The Morgan fingerprint density at radius 3 is 2.47 bits per heavy atom. The molecule has 4 nitrogen and oxygen atoms in total. The summed E-state index contributed by atoms with van der Waals surface area (Å²) < 4.78 is 58.3. The molecule has 1 fully saturated rings. The second kappa shape index (κ2) is 9.66. The minimum atomic E-state index is -4.71. The first kappa shape index (κ1) is 22.4. The molecule has 1 heterocycles. The van der Waals surface area contributed by atoms with Crippen molar-refractivity contribution in [2.45, 2.75) is 31.0 Å². The molecule has 3 rings (SSSR count). The number of carbonyl (C=O) groups is 1. The highest BCUT2D eigenvalue weighted by Gasteiger charge is 2.44. The molecule has 1 saturated heterocycles. The third-order valence-electron chi connectivity index (χ3n) is 4.98. The second-order valence-corrected chi connectivity index (χ2v) is 7.65. The molecule has 1 amide bonds. The van der Waals surface area contributed by atoms with Crippen LogP contribution in [0.1, 0.15) is 24.3 Å². The Morgan fingerprint density at radius 2 is 1.83 bits per heavy atom. The molecule has 2 atom stereocenters. The first-order chi connectivity index (χ1) is 14.2. The van der Waals surface area contributed by atoms with Crippen LogP contribution in [-0.2, 0) is 4.74 Å². The molecule has 30 heavy (non-hydrogen) atoms. The van der Waals surface area contributed by atoms with Crippen molar-refractivity contribution in [2.24, 2.45) is 0 Å². The van der Waals surface area contributed by atoms with Crippen LogP contribution in [-0.4, -0.2) is 42.9 Å². The number of carbonyl (C=O) groups excluding carboxylic acids is 1. The van der Waals surface area contributed by atoms with E-state index in [4.69, 9.17) is 16.3 Å². The normalized spacial score (nSPS) is 18.6. The van der Waals surface area contributed by atoms with E-state index >= 15 is 0 Å². The lowest BCUT2D eigenvalue weighted by molar-refractivity contribution is -0.207. The van der Waals surface area contributed by atoms with E-state index in [0.717, 1.165) is 12.0 Å². The Balaban J connectivity index is 1.61. The van der Waals surface area contributed by atoms with Crippen LogP contribution in [0.4, 0.5) is 28.0 Å². The van der Waals surface area contributed by atoms with Crippen LogP contribution in [0.3, 0.4) is 0 Å². The van der Waals surface area contributed by atoms with E-state index < -0.39 is 24.9 Å². The molecule has 2 aromatic carbocycles. The van der Waals surface area contributed by atoms with Crippen molar-refractivity contribution < 1.29 is 27.1 Å². The average Bonchev–Trinajstić information content (AvgIpc) is 2.69. The van der Waals surface area contributed by atoms with Gasteiger partial charge in [0.15, 0.2) is 0 Å².